The topological polar surface area (TPSA) is 114 Å². The summed E-state index contributed by atoms with van der Waals surface area (Å²) in [5, 5.41) is 21.5. The SMILES string of the molecule is O=C(O)CSc1nnnn1Cc1csc(=O)[nH]1. The molecule has 2 N–H and O–H groups in total. The van der Waals surface area contributed by atoms with Crippen LogP contribution in [-0.2, 0) is 11.3 Å². The first-order valence-electron chi connectivity index (χ1n) is 4.42. The van der Waals surface area contributed by atoms with Gasteiger partial charge in [-0.3, -0.25) is 9.59 Å². The Hall–Kier alpha value is -1.68. The Labute approximate surface area is 103 Å². The molecule has 90 valence electrons. The molecule has 0 aromatic carbocycles. The molecule has 8 nitrogen and oxygen atoms in total. The minimum absolute atomic E-state index is 0.111. The van der Waals surface area contributed by atoms with Gasteiger partial charge in [-0.05, 0) is 10.4 Å². The highest BCUT2D eigenvalue weighted by molar-refractivity contribution is 7.99. The van der Waals surface area contributed by atoms with Crippen LogP contribution in [0.1, 0.15) is 5.69 Å². The smallest absolute Gasteiger partial charge is 0.313 e. The first-order valence-corrected chi connectivity index (χ1v) is 6.29. The van der Waals surface area contributed by atoms with Crippen LogP contribution in [-0.4, -0.2) is 42.0 Å². The molecule has 0 aliphatic rings. The van der Waals surface area contributed by atoms with Crippen LogP contribution < -0.4 is 4.87 Å². The number of nitrogens with zero attached hydrogens (tertiary/aromatic N) is 4. The summed E-state index contributed by atoms with van der Waals surface area (Å²) >= 11 is 2.08. The van der Waals surface area contributed by atoms with Gasteiger partial charge < -0.3 is 10.1 Å². The minimum Gasteiger partial charge on any atom is -0.481 e. The number of rotatable bonds is 5. The fourth-order valence-electron chi connectivity index (χ4n) is 1.08. The van der Waals surface area contributed by atoms with E-state index < -0.39 is 5.97 Å². The Morgan fingerprint density at radius 1 is 1.65 bits per heavy atom. The number of aromatic nitrogens is 5. The molecule has 2 aromatic rings. The molecule has 0 aliphatic carbocycles. The molecule has 10 heteroatoms. The Kier molecular flexibility index (Phi) is 3.54. The van der Waals surface area contributed by atoms with E-state index in [2.05, 4.69) is 20.5 Å². The lowest BCUT2D eigenvalue weighted by Crippen LogP contribution is -2.07. The Morgan fingerprint density at radius 2 is 2.47 bits per heavy atom. The second kappa shape index (κ2) is 5.10. The van der Waals surface area contributed by atoms with Gasteiger partial charge in [0.2, 0.25) is 5.16 Å². The second-order valence-electron chi connectivity index (χ2n) is 2.97. The third kappa shape index (κ3) is 3.14. The summed E-state index contributed by atoms with van der Waals surface area (Å²) < 4.78 is 1.44. The number of nitrogens with one attached hydrogen (secondary N) is 1. The predicted molar refractivity (Wildman–Crippen MR) is 60.2 cm³/mol. The van der Waals surface area contributed by atoms with Gasteiger partial charge in [-0.25, -0.2) is 4.68 Å². The number of tetrazole rings is 1. The number of hydrogen-bond donors (Lipinski definition) is 2. The molecule has 0 atom stereocenters. The molecule has 0 aliphatic heterocycles. The summed E-state index contributed by atoms with van der Waals surface area (Å²) in [6.45, 7) is 0.313. The summed E-state index contributed by atoms with van der Waals surface area (Å²) in [6.07, 6.45) is 0. The lowest BCUT2D eigenvalue weighted by Gasteiger charge is -2.00. The molecule has 0 saturated heterocycles. The highest BCUT2D eigenvalue weighted by Crippen LogP contribution is 2.14. The fraction of sp³-hybridized carbons (Fsp3) is 0.286. The lowest BCUT2D eigenvalue weighted by atomic mass is 10.5. The highest BCUT2D eigenvalue weighted by Gasteiger charge is 2.10. The Balaban J connectivity index is 2.08. The molecule has 0 spiro atoms. The van der Waals surface area contributed by atoms with Crippen LogP contribution >= 0.6 is 23.1 Å². The van der Waals surface area contributed by atoms with Crippen molar-refractivity contribution in [1.82, 2.24) is 25.2 Å². The molecule has 2 heterocycles. The average molecular weight is 273 g/mol. The molecular weight excluding hydrogens is 266 g/mol. The van der Waals surface area contributed by atoms with Gasteiger partial charge in [0.25, 0.3) is 0 Å². The number of thioether (sulfide) groups is 1. The zero-order chi connectivity index (χ0) is 12.3. The molecule has 2 aromatic heterocycles. The number of H-pyrrole nitrogens is 1. The predicted octanol–water partition coefficient (Wildman–Crippen LogP) is -0.352. The van der Waals surface area contributed by atoms with E-state index in [4.69, 9.17) is 5.11 Å². The van der Waals surface area contributed by atoms with Crippen LogP contribution in [0.3, 0.4) is 0 Å². The normalized spacial score (nSPS) is 10.6. The van der Waals surface area contributed by atoms with Crippen molar-refractivity contribution in [1.29, 1.82) is 0 Å². The zero-order valence-corrected chi connectivity index (χ0v) is 9.99. The van der Waals surface area contributed by atoms with Crippen molar-refractivity contribution in [2.24, 2.45) is 0 Å². The van der Waals surface area contributed by atoms with Gasteiger partial charge in [-0.2, -0.15) is 0 Å². The first-order chi connectivity index (χ1) is 8.15. The molecule has 0 saturated carbocycles. The number of carbonyl (C=O) groups is 1. The second-order valence-corrected chi connectivity index (χ2v) is 4.76. The van der Waals surface area contributed by atoms with Crippen molar-refractivity contribution >= 4 is 29.1 Å². The van der Waals surface area contributed by atoms with Crippen LogP contribution in [0.15, 0.2) is 15.3 Å². The Morgan fingerprint density at radius 3 is 3.12 bits per heavy atom. The monoisotopic (exact) mass is 273 g/mol. The number of carboxylic acids is 1. The van der Waals surface area contributed by atoms with E-state index >= 15 is 0 Å². The fourth-order valence-corrected chi connectivity index (χ4v) is 2.25. The van der Waals surface area contributed by atoms with Crippen molar-refractivity contribution in [3.05, 3.63) is 20.7 Å². The molecule has 0 amide bonds. The minimum atomic E-state index is -0.937. The van der Waals surface area contributed by atoms with E-state index in [1.165, 1.54) is 4.68 Å². The quantitative estimate of drug-likeness (QED) is 0.715. The Bertz CT molecular complexity index is 574. The maximum absolute atomic E-state index is 10.9. The van der Waals surface area contributed by atoms with E-state index in [1.807, 2.05) is 0 Å². The van der Waals surface area contributed by atoms with Crippen LogP contribution in [0.4, 0.5) is 0 Å². The van der Waals surface area contributed by atoms with E-state index in [9.17, 15) is 9.59 Å². The lowest BCUT2D eigenvalue weighted by molar-refractivity contribution is -0.133. The van der Waals surface area contributed by atoms with Crippen molar-refractivity contribution < 1.29 is 9.90 Å². The largest absolute Gasteiger partial charge is 0.481 e. The van der Waals surface area contributed by atoms with Gasteiger partial charge in [-0.1, -0.05) is 23.1 Å². The molecular formula is C7H7N5O3S2. The molecule has 0 unspecified atom stereocenters. The number of aliphatic carboxylic acids is 1. The van der Waals surface area contributed by atoms with E-state index in [-0.39, 0.29) is 10.6 Å². The number of hydrogen-bond acceptors (Lipinski definition) is 7. The summed E-state index contributed by atoms with van der Waals surface area (Å²) in [6, 6.07) is 0. The molecule has 2 rings (SSSR count). The zero-order valence-electron chi connectivity index (χ0n) is 8.36. The van der Waals surface area contributed by atoms with Crippen LogP contribution in [0.25, 0.3) is 0 Å². The van der Waals surface area contributed by atoms with E-state index in [0.29, 0.717) is 17.4 Å². The van der Waals surface area contributed by atoms with Gasteiger partial charge >= 0.3 is 10.8 Å². The van der Waals surface area contributed by atoms with E-state index in [0.717, 1.165) is 23.1 Å². The van der Waals surface area contributed by atoms with E-state index in [1.54, 1.807) is 5.38 Å². The standard InChI is InChI=1S/C7H7N5O3S2/c13-5(14)3-16-6-9-10-11-12(6)1-4-2-17-7(15)8-4/h2H,1,3H2,(H,8,15)(H,13,14). The van der Waals surface area contributed by atoms with Crippen molar-refractivity contribution in [3.63, 3.8) is 0 Å². The van der Waals surface area contributed by atoms with Crippen molar-refractivity contribution in [3.8, 4) is 0 Å². The molecule has 17 heavy (non-hydrogen) atoms. The number of thiazole rings is 1. The van der Waals surface area contributed by atoms with Gasteiger partial charge in [0.05, 0.1) is 18.0 Å². The average Bonchev–Trinajstić information content (AvgIpc) is 2.86. The van der Waals surface area contributed by atoms with Gasteiger partial charge in [0.15, 0.2) is 0 Å². The van der Waals surface area contributed by atoms with Gasteiger partial charge in [-0.15, -0.1) is 5.10 Å². The summed E-state index contributed by atoms with van der Waals surface area (Å²) in [4.78, 5) is 23.8. The maximum Gasteiger partial charge on any atom is 0.313 e. The first kappa shape index (κ1) is 11.8. The molecule has 0 radical (unpaired) electrons. The third-order valence-corrected chi connectivity index (χ3v) is 3.38. The summed E-state index contributed by atoms with van der Waals surface area (Å²) in [5.74, 6) is -1.05. The maximum atomic E-state index is 10.9. The van der Waals surface area contributed by atoms with Crippen LogP contribution in [0.5, 0.6) is 0 Å². The number of aromatic amines is 1. The number of carboxylic acid groups (broad SMARTS) is 1. The van der Waals surface area contributed by atoms with Crippen molar-refractivity contribution in [2.75, 3.05) is 5.75 Å². The highest BCUT2D eigenvalue weighted by atomic mass is 32.2. The summed E-state index contributed by atoms with van der Waals surface area (Å²) in [7, 11) is 0. The van der Waals surface area contributed by atoms with Gasteiger partial charge in [0.1, 0.15) is 0 Å². The summed E-state index contributed by atoms with van der Waals surface area (Å²) in [5.41, 5.74) is 0.685. The third-order valence-electron chi connectivity index (χ3n) is 1.71. The molecule has 0 bridgehead atoms. The van der Waals surface area contributed by atoms with Crippen LogP contribution in [0, 0.1) is 0 Å². The van der Waals surface area contributed by atoms with Crippen LogP contribution in [0.2, 0.25) is 0 Å². The van der Waals surface area contributed by atoms with Crippen molar-refractivity contribution in [2.45, 2.75) is 11.7 Å². The molecule has 0 fully saturated rings. The van der Waals surface area contributed by atoms with Gasteiger partial charge in [0, 0.05) is 5.38 Å².